The van der Waals surface area contributed by atoms with E-state index < -0.39 is 11.7 Å². The number of nitrogens with one attached hydrogen (secondary N) is 1. The predicted molar refractivity (Wildman–Crippen MR) is 83.3 cm³/mol. The molecule has 0 saturated carbocycles. The molecule has 1 unspecified atom stereocenters. The molecule has 0 aliphatic rings. The molecule has 1 atom stereocenters. The molecule has 2 nitrogen and oxygen atoms in total. The maximum Gasteiger partial charge on any atom is 0.254 e. The highest BCUT2D eigenvalue weighted by Crippen LogP contribution is 2.11. The van der Waals surface area contributed by atoms with Gasteiger partial charge in [0.05, 0.1) is 5.56 Å². The summed E-state index contributed by atoms with van der Waals surface area (Å²) in [4.78, 5) is 12.1. The van der Waals surface area contributed by atoms with E-state index in [1.165, 1.54) is 12.1 Å². The number of hydrogen-bond donors (Lipinski definition) is 1. The Bertz CT molecular complexity index is 615. The number of amides is 1. The van der Waals surface area contributed by atoms with Gasteiger partial charge in [-0.25, -0.2) is 4.39 Å². The van der Waals surface area contributed by atoms with Crippen LogP contribution in [0.3, 0.4) is 0 Å². The number of hydrogen-bond acceptors (Lipinski definition) is 1. The molecule has 0 aromatic heterocycles. The van der Waals surface area contributed by atoms with Crippen LogP contribution in [0.5, 0.6) is 0 Å². The fourth-order valence-electron chi connectivity index (χ4n) is 2.11. The first-order chi connectivity index (χ1) is 10.1. The first kappa shape index (κ1) is 15.5. The van der Waals surface area contributed by atoms with E-state index in [4.69, 9.17) is 11.6 Å². The zero-order chi connectivity index (χ0) is 15.2. The molecule has 110 valence electrons. The van der Waals surface area contributed by atoms with Gasteiger partial charge in [0.25, 0.3) is 5.91 Å². The van der Waals surface area contributed by atoms with Crippen molar-refractivity contribution in [2.75, 3.05) is 5.88 Å². The smallest absolute Gasteiger partial charge is 0.254 e. The van der Waals surface area contributed by atoms with Crippen LogP contribution in [0, 0.1) is 12.7 Å². The van der Waals surface area contributed by atoms with Gasteiger partial charge in [-0.15, -0.1) is 11.6 Å². The van der Waals surface area contributed by atoms with Crippen molar-refractivity contribution in [2.24, 2.45) is 0 Å². The zero-order valence-corrected chi connectivity index (χ0v) is 12.5. The van der Waals surface area contributed by atoms with Crippen LogP contribution in [0.15, 0.2) is 48.5 Å². The summed E-state index contributed by atoms with van der Waals surface area (Å²) in [6, 6.07) is 14.1. The van der Waals surface area contributed by atoms with Crippen LogP contribution in [-0.2, 0) is 6.42 Å². The van der Waals surface area contributed by atoms with Crippen molar-refractivity contribution in [1.82, 2.24) is 5.32 Å². The summed E-state index contributed by atoms with van der Waals surface area (Å²) in [6.45, 7) is 1.78. The van der Waals surface area contributed by atoms with E-state index >= 15 is 0 Å². The molecule has 21 heavy (non-hydrogen) atoms. The molecule has 2 rings (SSSR count). The van der Waals surface area contributed by atoms with E-state index in [-0.39, 0.29) is 17.5 Å². The Morgan fingerprint density at radius 2 is 1.95 bits per heavy atom. The van der Waals surface area contributed by atoms with Gasteiger partial charge in [-0.2, -0.15) is 0 Å². The molecule has 4 heteroatoms. The van der Waals surface area contributed by atoms with Crippen LogP contribution in [-0.4, -0.2) is 17.8 Å². The summed E-state index contributed by atoms with van der Waals surface area (Å²) >= 11 is 5.91. The first-order valence-electron chi connectivity index (χ1n) is 6.77. The predicted octanol–water partition coefficient (Wildman–Crippen LogP) is 3.71. The second kappa shape index (κ2) is 7.23. The van der Waals surface area contributed by atoms with Crippen LogP contribution >= 0.6 is 11.6 Å². The third-order valence-corrected chi connectivity index (χ3v) is 3.59. The molecule has 0 spiro atoms. The van der Waals surface area contributed by atoms with Crippen molar-refractivity contribution >= 4 is 17.5 Å². The normalized spacial score (nSPS) is 12.0. The van der Waals surface area contributed by atoms with Crippen molar-refractivity contribution in [2.45, 2.75) is 19.4 Å². The number of aryl methyl sites for hydroxylation is 1. The molecule has 1 N–H and O–H groups in total. The maximum absolute atomic E-state index is 13.8. The largest absolute Gasteiger partial charge is 0.348 e. The molecule has 0 fully saturated rings. The number of halogens is 2. The Hall–Kier alpha value is -1.87. The summed E-state index contributed by atoms with van der Waals surface area (Å²) in [7, 11) is 0. The summed E-state index contributed by atoms with van der Waals surface area (Å²) < 4.78 is 13.8. The minimum absolute atomic E-state index is 0.0452. The molecule has 0 aliphatic heterocycles. The van der Waals surface area contributed by atoms with E-state index in [1.54, 1.807) is 13.0 Å². The second-order valence-corrected chi connectivity index (χ2v) is 5.31. The van der Waals surface area contributed by atoms with Crippen molar-refractivity contribution in [3.05, 3.63) is 71.0 Å². The minimum Gasteiger partial charge on any atom is -0.348 e. The Morgan fingerprint density at radius 3 is 2.57 bits per heavy atom. The van der Waals surface area contributed by atoms with E-state index in [0.29, 0.717) is 6.42 Å². The summed E-state index contributed by atoms with van der Waals surface area (Å²) in [5.74, 6) is -0.677. The molecule has 0 heterocycles. The fraction of sp³-hybridized carbons (Fsp3) is 0.235. The van der Waals surface area contributed by atoms with E-state index in [1.807, 2.05) is 30.3 Å². The maximum atomic E-state index is 13.8. The minimum atomic E-state index is -0.513. The van der Waals surface area contributed by atoms with Crippen molar-refractivity contribution in [3.8, 4) is 0 Å². The van der Waals surface area contributed by atoms with Gasteiger partial charge >= 0.3 is 0 Å². The summed E-state index contributed by atoms with van der Waals surface area (Å²) in [6.07, 6.45) is 0.615. The van der Waals surface area contributed by atoms with Gasteiger partial charge in [0.1, 0.15) is 5.82 Å². The molecular formula is C17H17ClFNO. The van der Waals surface area contributed by atoms with Gasteiger partial charge in [-0.3, -0.25) is 4.79 Å². The monoisotopic (exact) mass is 305 g/mol. The molecule has 2 aromatic rings. The summed E-state index contributed by atoms with van der Waals surface area (Å²) in [5, 5.41) is 2.78. The van der Waals surface area contributed by atoms with Crippen LogP contribution in [0.25, 0.3) is 0 Å². The average molecular weight is 306 g/mol. The van der Waals surface area contributed by atoms with Crippen molar-refractivity contribution < 1.29 is 9.18 Å². The topological polar surface area (TPSA) is 29.1 Å². The number of benzene rings is 2. The van der Waals surface area contributed by atoms with E-state index in [2.05, 4.69) is 5.32 Å². The average Bonchev–Trinajstić information content (AvgIpc) is 2.47. The molecule has 0 bridgehead atoms. The van der Waals surface area contributed by atoms with Gasteiger partial charge in [0.15, 0.2) is 0 Å². The number of rotatable bonds is 5. The number of carbonyl (C=O) groups is 1. The molecule has 2 aromatic carbocycles. The van der Waals surface area contributed by atoms with E-state index in [0.717, 1.165) is 11.1 Å². The molecule has 1 amide bonds. The van der Waals surface area contributed by atoms with E-state index in [9.17, 15) is 9.18 Å². The lowest BCUT2D eigenvalue weighted by Gasteiger charge is -2.16. The Labute approximate surface area is 128 Å². The molecule has 0 saturated heterocycles. The van der Waals surface area contributed by atoms with Gasteiger partial charge in [0.2, 0.25) is 0 Å². The van der Waals surface area contributed by atoms with Gasteiger partial charge in [-0.1, -0.05) is 36.4 Å². The van der Waals surface area contributed by atoms with Gasteiger partial charge < -0.3 is 5.32 Å². The first-order valence-corrected chi connectivity index (χ1v) is 7.30. The lowest BCUT2D eigenvalue weighted by molar-refractivity contribution is 0.0936. The molecule has 0 radical (unpaired) electrons. The third-order valence-electron chi connectivity index (χ3n) is 3.22. The lowest BCUT2D eigenvalue weighted by Crippen LogP contribution is -2.38. The van der Waals surface area contributed by atoms with Gasteiger partial charge in [0, 0.05) is 11.9 Å². The standard InChI is InChI=1S/C17H17ClFNO/c1-12-7-8-15(16(19)9-12)17(21)20-14(11-18)10-13-5-3-2-4-6-13/h2-9,14H,10-11H2,1H3,(H,20,21). The van der Waals surface area contributed by atoms with Crippen LogP contribution in [0.4, 0.5) is 4.39 Å². The fourth-order valence-corrected chi connectivity index (χ4v) is 2.30. The van der Waals surface area contributed by atoms with Crippen LogP contribution in [0.1, 0.15) is 21.5 Å². The highest BCUT2D eigenvalue weighted by Gasteiger charge is 2.16. The molecular weight excluding hydrogens is 289 g/mol. The molecule has 0 aliphatic carbocycles. The second-order valence-electron chi connectivity index (χ2n) is 5.00. The van der Waals surface area contributed by atoms with Crippen molar-refractivity contribution in [3.63, 3.8) is 0 Å². The highest BCUT2D eigenvalue weighted by atomic mass is 35.5. The van der Waals surface area contributed by atoms with Crippen LogP contribution < -0.4 is 5.32 Å². The van der Waals surface area contributed by atoms with Gasteiger partial charge in [-0.05, 0) is 36.6 Å². The SMILES string of the molecule is Cc1ccc(C(=O)NC(CCl)Cc2ccccc2)c(F)c1. The summed E-state index contributed by atoms with van der Waals surface area (Å²) in [5.41, 5.74) is 1.90. The van der Waals surface area contributed by atoms with Crippen molar-refractivity contribution in [1.29, 1.82) is 0 Å². The number of alkyl halides is 1. The number of carbonyl (C=O) groups excluding carboxylic acids is 1. The van der Waals surface area contributed by atoms with Crippen LogP contribution in [0.2, 0.25) is 0 Å². The zero-order valence-electron chi connectivity index (χ0n) is 11.8. The Morgan fingerprint density at radius 1 is 1.24 bits per heavy atom. The third kappa shape index (κ3) is 4.30. The Kier molecular flexibility index (Phi) is 5.34. The quantitative estimate of drug-likeness (QED) is 0.838. The lowest BCUT2D eigenvalue weighted by atomic mass is 10.1. The highest BCUT2D eigenvalue weighted by molar-refractivity contribution is 6.18. The Balaban J connectivity index is 2.06.